The predicted octanol–water partition coefficient (Wildman–Crippen LogP) is 3.92. The van der Waals surface area contributed by atoms with Crippen molar-refractivity contribution in [1.82, 2.24) is 5.32 Å². The Bertz CT molecular complexity index is 769. The van der Waals surface area contributed by atoms with Gasteiger partial charge >= 0.3 is 0 Å². The molecule has 0 aliphatic heterocycles. The van der Waals surface area contributed by atoms with Crippen LogP contribution in [0.5, 0.6) is 0 Å². The molecule has 6 heteroatoms. The van der Waals surface area contributed by atoms with Crippen LogP contribution in [0.2, 0.25) is 5.02 Å². The summed E-state index contributed by atoms with van der Waals surface area (Å²) in [5.74, 6) is -0.394. The maximum Gasteiger partial charge on any atom is 0.251 e. The average Bonchev–Trinajstić information content (AvgIpc) is 2.52. The molecule has 2 aromatic rings. The summed E-state index contributed by atoms with van der Waals surface area (Å²) >= 11 is 5.90. The van der Waals surface area contributed by atoms with Crippen molar-refractivity contribution in [1.29, 1.82) is 0 Å². The van der Waals surface area contributed by atoms with Crippen molar-refractivity contribution in [3.05, 3.63) is 59.1 Å². The summed E-state index contributed by atoms with van der Waals surface area (Å²) < 4.78 is 0. The van der Waals surface area contributed by atoms with Crippen LogP contribution in [0.25, 0.3) is 0 Å². The molecule has 25 heavy (non-hydrogen) atoms. The molecule has 0 heterocycles. The molecule has 0 radical (unpaired) electrons. The Balaban J connectivity index is 1.94. The Morgan fingerprint density at radius 1 is 1.00 bits per heavy atom. The van der Waals surface area contributed by atoms with Crippen LogP contribution in [0, 0.1) is 0 Å². The van der Waals surface area contributed by atoms with Gasteiger partial charge in [-0.2, -0.15) is 0 Å². The SMILES string of the molecule is CC(C)(C)NC(=O)c1cccc(NC(=O)CNc2cccc(Cl)c2)c1. The van der Waals surface area contributed by atoms with Crippen LogP contribution in [0.15, 0.2) is 48.5 Å². The monoisotopic (exact) mass is 359 g/mol. The van der Waals surface area contributed by atoms with Gasteiger partial charge < -0.3 is 16.0 Å². The van der Waals surface area contributed by atoms with Crippen LogP contribution in [-0.2, 0) is 4.79 Å². The molecule has 0 unspecified atom stereocenters. The van der Waals surface area contributed by atoms with E-state index in [1.807, 2.05) is 26.8 Å². The molecule has 0 aliphatic carbocycles. The molecule has 0 fully saturated rings. The molecule has 5 nitrogen and oxygen atoms in total. The molecule has 2 amide bonds. The van der Waals surface area contributed by atoms with E-state index in [9.17, 15) is 9.59 Å². The Hall–Kier alpha value is -2.53. The third-order valence-electron chi connectivity index (χ3n) is 3.17. The van der Waals surface area contributed by atoms with Crippen molar-refractivity contribution >= 4 is 34.8 Å². The summed E-state index contributed by atoms with van der Waals surface area (Å²) in [7, 11) is 0. The highest BCUT2D eigenvalue weighted by molar-refractivity contribution is 6.30. The van der Waals surface area contributed by atoms with Crippen LogP contribution in [0.1, 0.15) is 31.1 Å². The minimum atomic E-state index is -0.322. The number of nitrogens with one attached hydrogen (secondary N) is 3. The second-order valence-electron chi connectivity index (χ2n) is 6.70. The van der Waals surface area contributed by atoms with Gasteiger partial charge in [-0.1, -0.05) is 23.7 Å². The summed E-state index contributed by atoms with van der Waals surface area (Å²) in [5.41, 5.74) is 1.51. The molecule has 3 N–H and O–H groups in total. The van der Waals surface area contributed by atoms with E-state index in [0.717, 1.165) is 5.69 Å². The standard InChI is InChI=1S/C19H22ClN3O2/c1-19(2,3)23-18(25)13-6-4-9-16(10-13)22-17(24)12-21-15-8-5-7-14(20)11-15/h4-11,21H,12H2,1-3H3,(H,22,24)(H,23,25). The van der Waals surface area contributed by atoms with Crippen LogP contribution in [-0.4, -0.2) is 23.9 Å². The summed E-state index contributed by atoms with van der Waals surface area (Å²) in [6, 6.07) is 14.0. The lowest BCUT2D eigenvalue weighted by Crippen LogP contribution is -2.40. The van der Waals surface area contributed by atoms with Gasteiger partial charge in [-0.3, -0.25) is 9.59 Å². The van der Waals surface area contributed by atoms with Crippen molar-refractivity contribution in [2.45, 2.75) is 26.3 Å². The zero-order valence-corrected chi connectivity index (χ0v) is 15.3. The average molecular weight is 360 g/mol. The van der Waals surface area contributed by atoms with Gasteiger partial charge in [0.2, 0.25) is 5.91 Å². The fourth-order valence-electron chi connectivity index (χ4n) is 2.14. The molecule has 2 aromatic carbocycles. The summed E-state index contributed by atoms with van der Waals surface area (Å²) in [6.07, 6.45) is 0. The first-order chi connectivity index (χ1) is 11.7. The quantitative estimate of drug-likeness (QED) is 0.757. The number of halogens is 1. The lowest BCUT2D eigenvalue weighted by molar-refractivity contribution is -0.114. The Kier molecular flexibility index (Phi) is 6.04. The number of hydrogen-bond donors (Lipinski definition) is 3. The smallest absolute Gasteiger partial charge is 0.251 e. The molecule has 0 aliphatic rings. The topological polar surface area (TPSA) is 70.2 Å². The van der Waals surface area contributed by atoms with Crippen molar-refractivity contribution < 1.29 is 9.59 Å². The van der Waals surface area contributed by atoms with Crippen LogP contribution < -0.4 is 16.0 Å². The molecule has 0 saturated heterocycles. The first-order valence-electron chi connectivity index (χ1n) is 7.95. The number of carbonyl (C=O) groups excluding carboxylic acids is 2. The summed E-state index contributed by atoms with van der Waals surface area (Å²) in [4.78, 5) is 24.3. The third kappa shape index (κ3) is 6.47. The Morgan fingerprint density at radius 2 is 1.68 bits per heavy atom. The number of hydrogen-bond acceptors (Lipinski definition) is 3. The van der Waals surface area contributed by atoms with Gasteiger partial charge in [0.25, 0.3) is 5.91 Å². The maximum absolute atomic E-state index is 12.2. The van der Waals surface area contributed by atoms with Crippen molar-refractivity contribution in [2.24, 2.45) is 0 Å². The van der Waals surface area contributed by atoms with Gasteiger partial charge in [-0.05, 0) is 57.2 Å². The van der Waals surface area contributed by atoms with Crippen LogP contribution in [0.3, 0.4) is 0 Å². The predicted molar refractivity (Wildman–Crippen MR) is 102 cm³/mol. The number of anilines is 2. The van der Waals surface area contributed by atoms with Gasteiger partial charge in [0.05, 0.1) is 6.54 Å². The van der Waals surface area contributed by atoms with Crippen molar-refractivity contribution in [3.8, 4) is 0 Å². The van der Waals surface area contributed by atoms with Crippen molar-refractivity contribution in [2.75, 3.05) is 17.2 Å². The highest BCUT2D eigenvalue weighted by Gasteiger charge is 2.15. The Labute approximate surface area is 152 Å². The van der Waals surface area contributed by atoms with E-state index in [1.54, 1.807) is 42.5 Å². The zero-order chi connectivity index (χ0) is 18.4. The van der Waals surface area contributed by atoms with Gasteiger partial charge in [0.1, 0.15) is 0 Å². The minimum Gasteiger partial charge on any atom is -0.376 e. The van der Waals surface area contributed by atoms with E-state index >= 15 is 0 Å². The number of rotatable bonds is 5. The summed E-state index contributed by atoms with van der Waals surface area (Å²) in [6.45, 7) is 5.84. The highest BCUT2D eigenvalue weighted by atomic mass is 35.5. The first kappa shape index (κ1) is 18.8. The molecule has 0 atom stereocenters. The van der Waals surface area contributed by atoms with Gasteiger partial charge in [0, 0.05) is 27.5 Å². The molecular formula is C19H22ClN3O2. The van der Waals surface area contributed by atoms with Gasteiger partial charge in [0.15, 0.2) is 0 Å². The second-order valence-corrected chi connectivity index (χ2v) is 7.13. The van der Waals surface area contributed by atoms with Crippen LogP contribution in [0.4, 0.5) is 11.4 Å². The molecule has 0 bridgehead atoms. The molecule has 0 spiro atoms. The van der Waals surface area contributed by atoms with Gasteiger partial charge in [-0.15, -0.1) is 0 Å². The summed E-state index contributed by atoms with van der Waals surface area (Å²) in [5, 5.41) is 9.26. The third-order valence-corrected chi connectivity index (χ3v) is 3.41. The molecule has 0 aromatic heterocycles. The van der Waals surface area contributed by atoms with Gasteiger partial charge in [-0.25, -0.2) is 0 Å². The van der Waals surface area contributed by atoms with E-state index in [4.69, 9.17) is 11.6 Å². The molecule has 2 rings (SSSR count). The number of carbonyl (C=O) groups is 2. The fraction of sp³-hybridized carbons (Fsp3) is 0.263. The second kappa shape index (κ2) is 8.03. The lowest BCUT2D eigenvalue weighted by atomic mass is 10.1. The minimum absolute atomic E-state index is 0.0960. The lowest BCUT2D eigenvalue weighted by Gasteiger charge is -2.20. The highest BCUT2D eigenvalue weighted by Crippen LogP contribution is 2.15. The Morgan fingerprint density at radius 3 is 2.36 bits per heavy atom. The normalized spacial score (nSPS) is 10.9. The molecule has 0 saturated carbocycles. The zero-order valence-electron chi connectivity index (χ0n) is 14.5. The molecular weight excluding hydrogens is 338 g/mol. The molecule has 132 valence electrons. The van der Waals surface area contributed by atoms with E-state index in [2.05, 4.69) is 16.0 Å². The van der Waals surface area contributed by atoms with Crippen LogP contribution >= 0.6 is 11.6 Å². The van der Waals surface area contributed by atoms with E-state index in [0.29, 0.717) is 16.3 Å². The van der Waals surface area contributed by atoms with Crippen molar-refractivity contribution in [3.63, 3.8) is 0 Å². The van der Waals surface area contributed by atoms with E-state index < -0.39 is 0 Å². The largest absolute Gasteiger partial charge is 0.376 e. The first-order valence-corrected chi connectivity index (χ1v) is 8.33. The maximum atomic E-state index is 12.2. The van der Waals surface area contributed by atoms with E-state index in [1.165, 1.54) is 0 Å². The number of amides is 2. The number of benzene rings is 2. The van der Waals surface area contributed by atoms with E-state index in [-0.39, 0.29) is 23.9 Å². The fourth-order valence-corrected chi connectivity index (χ4v) is 2.33.